The molecule has 2 aromatic rings. The van der Waals surface area contributed by atoms with E-state index >= 15 is 0 Å². The van der Waals surface area contributed by atoms with Crippen LogP contribution >= 0.6 is 0 Å². The van der Waals surface area contributed by atoms with Crippen molar-refractivity contribution in [2.24, 2.45) is 0 Å². The number of hydrogen-bond acceptors (Lipinski definition) is 3. The second-order valence-corrected chi connectivity index (χ2v) is 5.47. The van der Waals surface area contributed by atoms with Crippen LogP contribution in [0.4, 0.5) is 5.69 Å². The van der Waals surface area contributed by atoms with E-state index in [0.717, 1.165) is 5.56 Å². The molecule has 0 aliphatic rings. The predicted octanol–water partition coefficient (Wildman–Crippen LogP) is 3.75. The Balaban J connectivity index is 2.18. The van der Waals surface area contributed by atoms with Gasteiger partial charge in [-0.1, -0.05) is 24.3 Å². The number of para-hydroxylation sites is 1. The minimum atomic E-state index is -0.550. The van der Waals surface area contributed by atoms with Crippen molar-refractivity contribution in [3.05, 3.63) is 59.7 Å². The molecule has 0 fully saturated rings. The molecular formula is C18H18N2O2. The van der Waals surface area contributed by atoms with Crippen LogP contribution in [0.25, 0.3) is 0 Å². The van der Waals surface area contributed by atoms with Crippen molar-refractivity contribution in [3.8, 4) is 11.8 Å². The van der Waals surface area contributed by atoms with Gasteiger partial charge >= 0.3 is 0 Å². The molecule has 2 aromatic carbocycles. The van der Waals surface area contributed by atoms with Crippen LogP contribution in [-0.4, -0.2) is 13.0 Å². The Morgan fingerprint density at radius 3 is 2.36 bits per heavy atom. The second-order valence-electron chi connectivity index (χ2n) is 5.47. The van der Waals surface area contributed by atoms with Gasteiger partial charge in [0.25, 0.3) is 5.91 Å². The third kappa shape index (κ3) is 3.26. The fraction of sp³-hybridized carbons (Fsp3) is 0.222. The first-order valence-electron chi connectivity index (χ1n) is 6.94. The first-order chi connectivity index (χ1) is 10.5. The smallest absolute Gasteiger partial charge is 0.259 e. The Bertz CT molecular complexity index is 713. The van der Waals surface area contributed by atoms with Crippen LogP contribution < -0.4 is 10.1 Å². The molecule has 22 heavy (non-hydrogen) atoms. The lowest BCUT2D eigenvalue weighted by molar-refractivity contribution is 0.102. The number of benzene rings is 2. The number of carbonyl (C=O) groups is 1. The summed E-state index contributed by atoms with van der Waals surface area (Å²) >= 11 is 0. The number of methoxy groups -OCH3 is 1. The molecule has 4 heteroatoms. The molecule has 1 amide bonds. The van der Waals surface area contributed by atoms with Gasteiger partial charge < -0.3 is 10.1 Å². The Labute approximate surface area is 130 Å². The number of carbonyl (C=O) groups excluding carboxylic acids is 1. The summed E-state index contributed by atoms with van der Waals surface area (Å²) in [5.41, 5.74) is 1.51. The molecule has 0 heterocycles. The van der Waals surface area contributed by atoms with Gasteiger partial charge in [-0.15, -0.1) is 0 Å². The summed E-state index contributed by atoms with van der Waals surface area (Å²) in [5.74, 6) is 0.298. The first kappa shape index (κ1) is 15.6. The number of anilines is 1. The summed E-state index contributed by atoms with van der Waals surface area (Å²) in [4.78, 5) is 12.3. The van der Waals surface area contributed by atoms with Crippen molar-refractivity contribution in [3.63, 3.8) is 0 Å². The number of nitriles is 1. The quantitative estimate of drug-likeness (QED) is 0.934. The van der Waals surface area contributed by atoms with Crippen LogP contribution in [-0.2, 0) is 5.41 Å². The summed E-state index contributed by atoms with van der Waals surface area (Å²) in [6, 6.07) is 16.6. The lowest BCUT2D eigenvalue weighted by atomic mass is 9.86. The van der Waals surface area contributed by atoms with Gasteiger partial charge in [-0.05, 0) is 43.7 Å². The summed E-state index contributed by atoms with van der Waals surface area (Å²) in [5, 5.41) is 12.0. The van der Waals surface area contributed by atoms with Crippen LogP contribution in [0.2, 0.25) is 0 Å². The van der Waals surface area contributed by atoms with Gasteiger partial charge in [0, 0.05) is 5.69 Å². The van der Waals surface area contributed by atoms with Gasteiger partial charge in [-0.3, -0.25) is 4.79 Å². The molecule has 0 bridgehead atoms. The maximum atomic E-state index is 12.3. The number of rotatable bonds is 4. The Morgan fingerprint density at radius 1 is 1.14 bits per heavy atom. The molecule has 1 N–H and O–H groups in total. The molecule has 0 unspecified atom stereocenters. The molecule has 0 saturated carbocycles. The topological polar surface area (TPSA) is 62.1 Å². The van der Waals surface area contributed by atoms with Crippen LogP contribution in [0.1, 0.15) is 29.8 Å². The molecular weight excluding hydrogens is 276 g/mol. The summed E-state index contributed by atoms with van der Waals surface area (Å²) in [7, 11) is 1.53. The zero-order valence-electron chi connectivity index (χ0n) is 12.9. The minimum absolute atomic E-state index is 0.232. The largest absolute Gasteiger partial charge is 0.496 e. The van der Waals surface area contributed by atoms with Crippen LogP contribution in [0.15, 0.2) is 48.5 Å². The molecule has 0 saturated heterocycles. The number of nitrogens with one attached hydrogen (secondary N) is 1. The number of hydrogen-bond donors (Lipinski definition) is 1. The van der Waals surface area contributed by atoms with Crippen LogP contribution in [0.5, 0.6) is 5.75 Å². The van der Waals surface area contributed by atoms with Crippen LogP contribution in [0, 0.1) is 11.3 Å². The monoisotopic (exact) mass is 294 g/mol. The summed E-state index contributed by atoms with van der Waals surface area (Å²) in [6.45, 7) is 3.71. The predicted molar refractivity (Wildman–Crippen MR) is 86.0 cm³/mol. The van der Waals surface area contributed by atoms with E-state index in [1.165, 1.54) is 7.11 Å². The molecule has 2 rings (SSSR count). The maximum Gasteiger partial charge on any atom is 0.259 e. The van der Waals surface area contributed by atoms with Gasteiger partial charge in [0.1, 0.15) is 5.75 Å². The highest BCUT2D eigenvalue weighted by atomic mass is 16.5. The van der Waals surface area contributed by atoms with Crippen molar-refractivity contribution in [2.75, 3.05) is 12.4 Å². The Hall–Kier alpha value is -2.80. The van der Waals surface area contributed by atoms with Crippen molar-refractivity contribution < 1.29 is 9.53 Å². The second kappa shape index (κ2) is 6.31. The highest BCUT2D eigenvalue weighted by molar-refractivity contribution is 6.06. The minimum Gasteiger partial charge on any atom is -0.496 e. The SMILES string of the molecule is COc1ccccc1C(=O)Nc1ccc(C(C)(C)C#N)cc1. The van der Waals surface area contributed by atoms with E-state index in [9.17, 15) is 4.79 Å². The molecule has 112 valence electrons. The average molecular weight is 294 g/mol. The van der Waals surface area contributed by atoms with Crippen LogP contribution in [0.3, 0.4) is 0 Å². The fourth-order valence-electron chi connectivity index (χ4n) is 2.07. The number of amides is 1. The van der Waals surface area contributed by atoms with Crippen molar-refractivity contribution in [1.82, 2.24) is 0 Å². The van der Waals surface area contributed by atoms with E-state index in [4.69, 9.17) is 10.00 Å². The summed E-state index contributed by atoms with van der Waals surface area (Å²) < 4.78 is 5.19. The standard InChI is InChI=1S/C18H18N2O2/c1-18(2,12-19)13-8-10-14(11-9-13)20-17(21)15-6-4-5-7-16(15)22-3/h4-11H,1-3H3,(H,20,21). The zero-order chi connectivity index (χ0) is 16.2. The molecule has 0 atom stereocenters. The maximum absolute atomic E-state index is 12.3. The number of ether oxygens (including phenoxy) is 1. The van der Waals surface area contributed by atoms with Gasteiger partial charge in [-0.2, -0.15) is 5.26 Å². The number of nitrogens with zero attached hydrogens (tertiary/aromatic N) is 1. The van der Waals surface area contributed by atoms with E-state index in [2.05, 4.69) is 11.4 Å². The third-order valence-corrected chi connectivity index (χ3v) is 3.50. The normalized spacial score (nSPS) is 10.6. The van der Waals surface area contributed by atoms with E-state index in [-0.39, 0.29) is 5.91 Å². The highest BCUT2D eigenvalue weighted by Crippen LogP contribution is 2.24. The Kier molecular flexibility index (Phi) is 4.47. The van der Waals surface area contributed by atoms with E-state index in [1.807, 2.05) is 32.0 Å². The van der Waals surface area contributed by atoms with Gasteiger partial charge in [0.05, 0.1) is 24.2 Å². The van der Waals surface area contributed by atoms with Crippen molar-refractivity contribution in [2.45, 2.75) is 19.3 Å². The summed E-state index contributed by atoms with van der Waals surface area (Å²) in [6.07, 6.45) is 0. The van der Waals surface area contributed by atoms with E-state index in [0.29, 0.717) is 17.0 Å². The lowest BCUT2D eigenvalue weighted by Crippen LogP contribution is -2.15. The molecule has 0 radical (unpaired) electrons. The van der Waals surface area contributed by atoms with Gasteiger partial charge in [-0.25, -0.2) is 0 Å². The zero-order valence-corrected chi connectivity index (χ0v) is 12.9. The average Bonchev–Trinajstić information content (AvgIpc) is 2.55. The molecule has 0 spiro atoms. The van der Waals surface area contributed by atoms with Gasteiger partial charge in [0.15, 0.2) is 0 Å². The Morgan fingerprint density at radius 2 is 1.77 bits per heavy atom. The molecule has 0 aromatic heterocycles. The fourth-order valence-corrected chi connectivity index (χ4v) is 2.07. The third-order valence-electron chi connectivity index (χ3n) is 3.50. The van der Waals surface area contributed by atoms with E-state index < -0.39 is 5.41 Å². The van der Waals surface area contributed by atoms with Gasteiger partial charge in [0.2, 0.25) is 0 Å². The first-order valence-corrected chi connectivity index (χ1v) is 6.94. The molecule has 4 nitrogen and oxygen atoms in total. The highest BCUT2D eigenvalue weighted by Gasteiger charge is 2.19. The van der Waals surface area contributed by atoms with E-state index in [1.54, 1.807) is 30.3 Å². The molecule has 0 aliphatic heterocycles. The van der Waals surface area contributed by atoms with Crippen molar-refractivity contribution >= 4 is 11.6 Å². The van der Waals surface area contributed by atoms with Crippen molar-refractivity contribution in [1.29, 1.82) is 5.26 Å². The molecule has 0 aliphatic carbocycles. The lowest BCUT2D eigenvalue weighted by Gasteiger charge is -2.16.